The quantitative estimate of drug-likeness (QED) is 0.481. The van der Waals surface area contributed by atoms with E-state index >= 15 is 0 Å². The van der Waals surface area contributed by atoms with Gasteiger partial charge in [0.2, 0.25) is 5.91 Å². The van der Waals surface area contributed by atoms with E-state index in [2.05, 4.69) is 10.6 Å². The molecule has 0 unspecified atom stereocenters. The predicted octanol–water partition coefficient (Wildman–Crippen LogP) is 5.94. The Labute approximate surface area is 179 Å². The van der Waals surface area contributed by atoms with Gasteiger partial charge in [-0.05, 0) is 61.4 Å². The number of benzene rings is 3. The van der Waals surface area contributed by atoms with E-state index in [1.54, 1.807) is 24.3 Å². The first-order chi connectivity index (χ1) is 13.9. The van der Waals surface area contributed by atoms with Crippen LogP contribution in [0.3, 0.4) is 0 Å². The van der Waals surface area contributed by atoms with E-state index in [1.165, 1.54) is 11.8 Å². The molecule has 0 radical (unpaired) electrons. The van der Waals surface area contributed by atoms with E-state index in [9.17, 15) is 9.59 Å². The third-order valence-electron chi connectivity index (χ3n) is 4.29. The second-order valence-electron chi connectivity index (χ2n) is 6.60. The van der Waals surface area contributed by atoms with Crippen molar-refractivity contribution in [2.75, 3.05) is 16.4 Å². The summed E-state index contributed by atoms with van der Waals surface area (Å²) in [4.78, 5) is 25.6. The van der Waals surface area contributed by atoms with Crippen LogP contribution in [-0.4, -0.2) is 17.6 Å². The molecule has 0 saturated carbocycles. The molecule has 2 N–H and O–H groups in total. The van der Waals surface area contributed by atoms with E-state index in [-0.39, 0.29) is 17.6 Å². The molecule has 148 valence electrons. The molecule has 0 aromatic heterocycles. The zero-order chi connectivity index (χ0) is 20.8. The van der Waals surface area contributed by atoms with Crippen LogP contribution in [0.5, 0.6) is 0 Å². The zero-order valence-electron chi connectivity index (χ0n) is 16.2. The molecule has 0 spiro atoms. The second-order valence-corrected chi connectivity index (χ2v) is 8.08. The molecule has 0 heterocycles. The lowest BCUT2D eigenvalue weighted by molar-refractivity contribution is -0.113. The van der Waals surface area contributed by atoms with Gasteiger partial charge >= 0.3 is 0 Å². The molecule has 6 heteroatoms. The minimum Gasteiger partial charge on any atom is -0.325 e. The van der Waals surface area contributed by atoms with E-state index in [0.29, 0.717) is 16.3 Å². The molecule has 29 heavy (non-hydrogen) atoms. The monoisotopic (exact) mass is 424 g/mol. The minimum atomic E-state index is -0.234. The van der Waals surface area contributed by atoms with Crippen molar-refractivity contribution < 1.29 is 9.59 Å². The lowest BCUT2D eigenvalue weighted by atomic mass is 10.1. The van der Waals surface area contributed by atoms with Crippen LogP contribution >= 0.6 is 23.4 Å². The first-order valence-corrected chi connectivity index (χ1v) is 10.4. The summed E-state index contributed by atoms with van der Waals surface area (Å²) < 4.78 is 0. The van der Waals surface area contributed by atoms with E-state index in [0.717, 1.165) is 21.7 Å². The van der Waals surface area contributed by atoms with Gasteiger partial charge in [0.15, 0.2) is 0 Å². The molecule has 3 aromatic carbocycles. The summed E-state index contributed by atoms with van der Waals surface area (Å²) in [5.74, 6) is -0.0254. The Kier molecular flexibility index (Phi) is 6.96. The molecule has 4 nitrogen and oxygen atoms in total. The maximum absolute atomic E-state index is 12.4. The molecule has 3 rings (SSSR count). The van der Waals surface area contributed by atoms with Crippen molar-refractivity contribution in [3.05, 3.63) is 88.4 Å². The largest absolute Gasteiger partial charge is 0.325 e. The smallest absolute Gasteiger partial charge is 0.255 e. The number of carbonyl (C=O) groups excluding carboxylic acids is 2. The van der Waals surface area contributed by atoms with Crippen LogP contribution < -0.4 is 10.6 Å². The summed E-state index contributed by atoms with van der Waals surface area (Å²) in [5.41, 5.74) is 4.09. The number of carbonyl (C=O) groups is 2. The van der Waals surface area contributed by atoms with Gasteiger partial charge in [-0.15, -0.1) is 11.8 Å². The predicted molar refractivity (Wildman–Crippen MR) is 121 cm³/mol. The molecule has 0 atom stereocenters. The van der Waals surface area contributed by atoms with Gasteiger partial charge in [0, 0.05) is 26.9 Å². The maximum Gasteiger partial charge on any atom is 0.255 e. The number of para-hydroxylation sites is 1. The summed E-state index contributed by atoms with van der Waals surface area (Å²) in [6.45, 7) is 3.95. The van der Waals surface area contributed by atoms with Crippen LogP contribution in [0.15, 0.2) is 71.6 Å². The van der Waals surface area contributed by atoms with Crippen LogP contribution in [0.2, 0.25) is 5.02 Å². The topological polar surface area (TPSA) is 58.2 Å². The molecule has 3 aromatic rings. The van der Waals surface area contributed by atoms with E-state index in [4.69, 9.17) is 11.6 Å². The molecule has 0 bridgehead atoms. The molecule has 0 fully saturated rings. The second kappa shape index (κ2) is 9.63. The summed E-state index contributed by atoms with van der Waals surface area (Å²) >= 11 is 7.36. The highest BCUT2D eigenvalue weighted by Gasteiger charge is 2.10. The molecule has 0 aliphatic rings. The Balaban J connectivity index is 1.60. The third-order valence-corrected chi connectivity index (χ3v) is 5.52. The highest BCUT2D eigenvalue weighted by Crippen LogP contribution is 2.24. The van der Waals surface area contributed by atoms with Gasteiger partial charge in [-0.3, -0.25) is 9.59 Å². The van der Waals surface area contributed by atoms with Gasteiger partial charge in [-0.1, -0.05) is 41.9 Å². The van der Waals surface area contributed by atoms with Crippen molar-refractivity contribution in [1.82, 2.24) is 0 Å². The summed E-state index contributed by atoms with van der Waals surface area (Å²) in [5, 5.41) is 6.35. The number of rotatable bonds is 6. The fraction of sp³-hybridized carbons (Fsp3) is 0.130. The molecule has 0 aliphatic heterocycles. The number of aryl methyl sites for hydroxylation is 2. The summed E-state index contributed by atoms with van der Waals surface area (Å²) in [6, 6.07) is 20.1. The number of nitrogens with one attached hydrogen (secondary N) is 2. The van der Waals surface area contributed by atoms with E-state index in [1.807, 2.05) is 56.3 Å². The van der Waals surface area contributed by atoms with Gasteiger partial charge in [0.05, 0.1) is 5.75 Å². The van der Waals surface area contributed by atoms with Gasteiger partial charge in [-0.25, -0.2) is 0 Å². The summed E-state index contributed by atoms with van der Waals surface area (Å²) in [7, 11) is 0. The van der Waals surface area contributed by atoms with Crippen LogP contribution in [-0.2, 0) is 4.79 Å². The Morgan fingerprint density at radius 2 is 1.59 bits per heavy atom. The third kappa shape index (κ3) is 5.86. The zero-order valence-corrected chi connectivity index (χ0v) is 17.7. The fourth-order valence-corrected chi connectivity index (χ4v) is 3.78. The lowest BCUT2D eigenvalue weighted by Crippen LogP contribution is -2.15. The first-order valence-electron chi connectivity index (χ1n) is 9.08. The number of halogens is 1. The van der Waals surface area contributed by atoms with E-state index < -0.39 is 0 Å². The Morgan fingerprint density at radius 3 is 2.31 bits per heavy atom. The first kappa shape index (κ1) is 21.0. The average Bonchev–Trinajstić information content (AvgIpc) is 2.69. The van der Waals surface area contributed by atoms with Crippen molar-refractivity contribution in [3.63, 3.8) is 0 Å². The van der Waals surface area contributed by atoms with Crippen LogP contribution in [0.1, 0.15) is 21.5 Å². The molecular formula is C23H21ClN2O2S. The SMILES string of the molecule is Cc1cccc(C)c1NC(=O)CSc1cccc(NC(=O)c2cccc(Cl)c2)c1. The van der Waals surface area contributed by atoms with Crippen LogP contribution in [0, 0.1) is 13.8 Å². The lowest BCUT2D eigenvalue weighted by Gasteiger charge is -2.11. The normalized spacial score (nSPS) is 10.4. The number of thioether (sulfide) groups is 1. The van der Waals surface area contributed by atoms with Crippen LogP contribution in [0.25, 0.3) is 0 Å². The number of anilines is 2. The van der Waals surface area contributed by atoms with Crippen molar-refractivity contribution in [1.29, 1.82) is 0 Å². The standard InChI is InChI=1S/C23H21ClN2O2S/c1-15-6-3-7-16(2)22(15)26-21(27)14-29-20-11-5-10-19(13-20)25-23(28)17-8-4-9-18(24)12-17/h3-13H,14H2,1-2H3,(H,25,28)(H,26,27). The summed E-state index contributed by atoms with van der Waals surface area (Å²) in [6.07, 6.45) is 0. The van der Waals surface area contributed by atoms with Crippen molar-refractivity contribution in [2.45, 2.75) is 18.7 Å². The van der Waals surface area contributed by atoms with Crippen LogP contribution in [0.4, 0.5) is 11.4 Å². The maximum atomic E-state index is 12.4. The number of amides is 2. The minimum absolute atomic E-state index is 0.0687. The average molecular weight is 425 g/mol. The van der Waals surface area contributed by atoms with Crippen molar-refractivity contribution >= 4 is 46.6 Å². The Bertz CT molecular complexity index is 1030. The Morgan fingerprint density at radius 1 is 0.897 bits per heavy atom. The van der Waals surface area contributed by atoms with Gasteiger partial charge < -0.3 is 10.6 Å². The molecule has 2 amide bonds. The molecule has 0 saturated heterocycles. The van der Waals surface area contributed by atoms with Gasteiger partial charge in [0.1, 0.15) is 0 Å². The highest BCUT2D eigenvalue weighted by atomic mass is 35.5. The van der Waals surface area contributed by atoms with Gasteiger partial charge in [-0.2, -0.15) is 0 Å². The molecule has 0 aliphatic carbocycles. The van der Waals surface area contributed by atoms with Crippen molar-refractivity contribution in [3.8, 4) is 0 Å². The fourth-order valence-electron chi connectivity index (χ4n) is 2.83. The number of hydrogen-bond acceptors (Lipinski definition) is 3. The highest BCUT2D eigenvalue weighted by molar-refractivity contribution is 8.00. The van der Waals surface area contributed by atoms with Gasteiger partial charge in [0.25, 0.3) is 5.91 Å². The Hall–Kier alpha value is -2.76. The molecular weight excluding hydrogens is 404 g/mol. The van der Waals surface area contributed by atoms with Crippen molar-refractivity contribution in [2.24, 2.45) is 0 Å². The number of hydrogen-bond donors (Lipinski definition) is 2.